The summed E-state index contributed by atoms with van der Waals surface area (Å²) in [7, 11) is 0. The van der Waals surface area contributed by atoms with E-state index in [2.05, 4.69) is 39.1 Å². The van der Waals surface area contributed by atoms with Crippen LogP contribution in [-0.4, -0.2) is 4.98 Å². The second-order valence-electron chi connectivity index (χ2n) is 2.21. The van der Waals surface area contributed by atoms with Crippen LogP contribution in [-0.2, 0) is 0 Å². The molecule has 0 fully saturated rings. The van der Waals surface area contributed by atoms with Gasteiger partial charge in [-0.05, 0) is 24.3 Å². The minimum atomic E-state index is 0. The van der Waals surface area contributed by atoms with E-state index in [1.165, 1.54) is 10.9 Å². The van der Waals surface area contributed by atoms with Gasteiger partial charge in [0.25, 0.3) is 0 Å². The van der Waals surface area contributed by atoms with Crippen molar-refractivity contribution in [3.05, 3.63) is 34.9 Å². The highest BCUT2D eigenvalue weighted by Gasteiger charge is 1.92. The topological polar surface area (TPSA) is 15.8 Å². The summed E-state index contributed by atoms with van der Waals surface area (Å²) in [6.07, 6.45) is 1.94. The SMILES string of the molecule is Brc1ccc2[nH]ccc2c1.[HH]. The lowest BCUT2D eigenvalue weighted by atomic mass is 10.3. The molecule has 0 amide bonds. The van der Waals surface area contributed by atoms with Gasteiger partial charge in [0.2, 0.25) is 0 Å². The number of benzene rings is 1. The van der Waals surface area contributed by atoms with Crippen LogP contribution in [0.1, 0.15) is 1.43 Å². The van der Waals surface area contributed by atoms with E-state index < -0.39 is 0 Å². The number of hydrogen-bond donors (Lipinski definition) is 1. The van der Waals surface area contributed by atoms with E-state index in [9.17, 15) is 0 Å². The molecule has 0 aliphatic heterocycles. The van der Waals surface area contributed by atoms with Crippen LogP contribution < -0.4 is 0 Å². The van der Waals surface area contributed by atoms with Crippen molar-refractivity contribution in [1.82, 2.24) is 4.98 Å². The van der Waals surface area contributed by atoms with Gasteiger partial charge in [-0.1, -0.05) is 15.9 Å². The smallest absolute Gasteiger partial charge is 0.0454 e. The van der Waals surface area contributed by atoms with Crippen molar-refractivity contribution in [3.8, 4) is 0 Å². The number of hydrogen-bond acceptors (Lipinski definition) is 0. The molecule has 2 aromatic rings. The Kier molecular flexibility index (Phi) is 1.27. The lowest BCUT2D eigenvalue weighted by Gasteiger charge is -1.88. The van der Waals surface area contributed by atoms with Gasteiger partial charge in [-0.2, -0.15) is 0 Å². The van der Waals surface area contributed by atoms with E-state index in [0.29, 0.717) is 0 Å². The van der Waals surface area contributed by atoms with Gasteiger partial charge in [0.1, 0.15) is 0 Å². The minimum Gasteiger partial charge on any atom is -0.361 e. The molecule has 1 N–H and O–H groups in total. The Morgan fingerprint density at radius 1 is 1.30 bits per heavy atom. The molecular formula is C8H8BrN. The molecule has 1 nitrogen and oxygen atoms in total. The van der Waals surface area contributed by atoms with Crippen LogP contribution in [0, 0.1) is 0 Å². The molecule has 0 atom stereocenters. The summed E-state index contributed by atoms with van der Waals surface area (Å²) in [6.45, 7) is 0. The summed E-state index contributed by atoms with van der Waals surface area (Å²) >= 11 is 3.40. The van der Waals surface area contributed by atoms with Crippen LogP contribution in [0.5, 0.6) is 0 Å². The largest absolute Gasteiger partial charge is 0.361 e. The summed E-state index contributed by atoms with van der Waals surface area (Å²) in [6, 6.07) is 8.23. The Morgan fingerprint density at radius 3 is 3.10 bits per heavy atom. The Labute approximate surface area is 68.7 Å². The van der Waals surface area contributed by atoms with Crippen molar-refractivity contribution in [2.75, 3.05) is 0 Å². The molecule has 2 heteroatoms. The molecule has 52 valence electrons. The number of nitrogens with one attached hydrogen (secondary N) is 1. The van der Waals surface area contributed by atoms with Crippen molar-refractivity contribution in [3.63, 3.8) is 0 Å². The fourth-order valence-corrected chi connectivity index (χ4v) is 1.40. The predicted molar refractivity (Wildman–Crippen MR) is 48.1 cm³/mol. The van der Waals surface area contributed by atoms with Gasteiger partial charge in [-0.25, -0.2) is 0 Å². The Balaban J connectivity index is 0.000000605. The second kappa shape index (κ2) is 2.13. The standard InChI is InChI=1S/C8H6BrN.H2/c9-7-1-2-8-6(5-7)3-4-10-8;/h1-5,10H;1H. The number of halogens is 1. The van der Waals surface area contributed by atoms with Gasteiger partial charge in [0, 0.05) is 23.0 Å². The third kappa shape index (κ3) is 0.847. The molecule has 0 saturated carbocycles. The van der Waals surface area contributed by atoms with Crippen molar-refractivity contribution in [1.29, 1.82) is 0 Å². The molecule has 2 rings (SSSR count). The highest BCUT2D eigenvalue weighted by atomic mass is 79.9. The molecule has 1 aromatic carbocycles. The average Bonchev–Trinajstić information content (AvgIpc) is 2.33. The highest BCUT2D eigenvalue weighted by molar-refractivity contribution is 9.10. The maximum absolute atomic E-state index is 3.40. The monoisotopic (exact) mass is 197 g/mol. The molecule has 0 saturated heterocycles. The van der Waals surface area contributed by atoms with E-state index in [-0.39, 0.29) is 1.43 Å². The molecule has 0 radical (unpaired) electrons. The lowest BCUT2D eigenvalue weighted by molar-refractivity contribution is 1.48. The Hall–Kier alpha value is -0.760. The first kappa shape index (κ1) is 5.98. The van der Waals surface area contributed by atoms with E-state index in [0.717, 1.165) is 4.47 Å². The number of fused-ring (bicyclic) bond motifs is 1. The summed E-state index contributed by atoms with van der Waals surface area (Å²) < 4.78 is 1.12. The number of aromatic nitrogens is 1. The van der Waals surface area contributed by atoms with E-state index in [1.54, 1.807) is 0 Å². The Morgan fingerprint density at radius 2 is 2.20 bits per heavy atom. The first-order chi connectivity index (χ1) is 4.86. The van der Waals surface area contributed by atoms with Crippen LogP contribution in [0.25, 0.3) is 10.9 Å². The fraction of sp³-hybridized carbons (Fsp3) is 0. The number of H-pyrrole nitrogens is 1. The van der Waals surface area contributed by atoms with E-state index >= 15 is 0 Å². The lowest BCUT2D eigenvalue weighted by Crippen LogP contribution is -1.65. The van der Waals surface area contributed by atoms with Crippen LogP contribution >= 0.6 is 15.9 Å². The first-order valence-electron chi connectivity index (χ1n) is 3.09. The zero-order valence-corrected chi connectivity index (χ0v) is 6.85. The van der Waals surface area contributed by atoms with Gasteiger partial charge < -0.3 is 4.98 Å². The van der Waals surface area contributed by atoms with Gasteiger partial charge in [-0.15, -0.1) is 0 Å². The molecule has 0 aliphatic rings. The highest BCUT2D eigenvalue weighted by Crippen LogP contribution is 2.17. The molecule has 0 unspecified atom stereocenters. The molecule has 0 bridgehead atoms. The maximum atomic E-state index is 3.40. The number of rotatable bonds is 0. The van der Waals surface area contributed by atoms with Crippen molar-refractivity contribution in [2.45, 2.75) is 0 Å². The van der Waals surface area contributed by atoms with Crippen LogP contribution in [0.15, 0.2) is 34.9 Å². The maximum Gasteiger partial charge on any atom is 0.0454 e. The van der Waals surface area contributed by atoms with Crippen molar-refractivity contribution < 1.29 is 1.43 Å². The normalized spacial score (nSPS) is 10.5. The van der Waals surface area contributed by atoms with Crippen LogP contribution in [0.2, 0.25) is 0 Å². The molecule has 0 aliphatic carbocycles. The van der Waals surface area contributed by atoms with Crippen LogP contribution in [0.4, 0.5) is 0 Å². The van der Waals surface area contributed by atoms with Crippen molar-refractivity contribution >= 4 is 26.8 Å². The second-order valence-corrected chi connectivity index (χ2v) is 3.12. The van der Waals surface area contributed by atoms with E-state index in [1.807, 2.05) is 12.3 Å². The van der Waals surface area contributed by atoms with Gasteiger partial charge in [-0.3, -0.25) is 0 Å². The van der Waals surface area contributed by atoms with Gasteiger partial charge in [0.15, 0.2) is 0 Å². The molecule has 1 aromatic heterocycles. The number of aromatic amines is 1. The summed E-state index contributed by atoms with van der Waals surface area (Å²) in [4.78, 5) is 3.13. The third-order valence-electron chi connectivity index (χ3n) is 1.52. The zero-order chi connectivity index (χ0) is 6.97. The summed E-state index contributed by atoms with van der Waals surface area (Å²) in [5, 5.41) is 1.24. The third-order valence-corrected chi connectivity index (χ3v) is 2.01. The van der Waals surface area contributed by atoms with Crippen molar-refractivity contribution in [2.24, 2.45) is 0 Å². The van der Waals surface area contributed by atoms with Gasteiger partial charge >= 0.3 is 0 Å². The molecule has 1 heterocycles. The predicted octanol–water partition coefficient (Wildman–Crippen LogP) is 3.18. The first-order valence-corrected chi connectivity index (χ1v) is 3.88. The summed E-state index contributed by atoms with van der Waals surface area (Å²) in [5.41, 5.74) is 1.18. The fourth-order valence-electron chi connectivity index (χ4n) is 1.02. The zero-order valence-electron chi connectivity index (χ0n) is 5.26. The molecule has 10 heavy (non-hydrogen) atoms. The molecule has 0 spiro atoms. The van der Waals surface area contributed by atoms with Gasteiger partial charge in [0.05, 0.1) is 0 Å². The minimum absolute atomic E-state index is 0. The summed E-state index contributed by atoms with van der Waals surface area (Å²) in [5.74, 6) is 0. The average molecular weight is 198 g/mol. The Bertz CT molecular complexity index is 356. The quantitative estimate of drug-likeness (QED) is 0.669. The van der Waals surface area contributed by atoms with Crippen LogP contribution in [0.3, 0.4) is 0 Å². The molecular weight excluding hydrogens is 190 g/mol. The van der Waals surface area contributed by atoms with E-state index in [4.69, 9.17) is 0 Å².